The van der Waals surface area contributed by atoms with E-state index in [0.717, 1.165) is 0 Å². The molecule has 13 heteroatoms. The maximum Gasteiger partial charge on any atom is 0.411 e. The minimum atomic E-state index is -3.76. The lowest BCUT2D eigenvalue weighted by atomic mass is 9.87. The zero-order chi connectivity index (χ0) is 26.6. The molecule has 0 aromatic rings. The van der Waals surface area contributed by atoms with Crippen LogP contribution in [0.3, 0.4) is 0 Å². The summed E-state index contributed by atoms with van der Waals surface area (Å²) in [6, 6.07) is -0.898. The van der Waals surface area contributed by atoms with Crippen molar-refractivity contribution in [2.75, 3.05) is 40.1 Å². The van der Waals surface area contributed by atoms with Gasteiger partial charge < -0.3 is 24.1 Å². The minimum Gasteiger partial charge on any atom is -0.469 e. The molecule has 1 unspecified atom stereocenters. The number of carbonyl (C=O) groups is 4. The van der Waals surface area contributed by atoms with Gasteiger partial charge >= 0.3 is 25.6 Å². The summed E-state index contributed by atoms with van der Waals surface area (Å²) in [6.45, 7) is 8.76. The first-order chi connectivity index (χ1) is 16.1. The Morgan fingerprint density at radius 3 is 2.37 bits per heavy atom. The average molecular weight is 521 g/mol. The van der Waals surface area contributed by atoms with Crippen molar-refractivity contribution in [3.05, 3.63) is 0 Å². The molecule has 2 saturated heterocycles. The third-order valence-electron chi connectivity index (χ3n) is 5.67. The quantitative estimate of drug-likeness (QED) is 0.301. The summed E-state index contributed by atoms with van der Waals surface area (Å²) in [4.78, 5) is 50.3. The fourth-order valence-corrected chi connectivity index (χ4v) is 6.29. The fraction of sp³-hybridized carbons (Fsp3) is 0.818. The molecule has 2 heterocycles. The van der Waals surface area contributed by atoms with Crippen molar-refractivity contribution in [1.29, 1.82) is 0 Å². The van der Waals surface area contributed by atoms with Crippen LogP contribution in [-0.4, -0.2) is 86.7 Å². The van der Waals surface area contributed by atoms with E-state index in [1.165, 1.54) is 19.1 Å². The van der Waals surface area contributed by atoms with Crippen LogP contribution < -0.4 is 5.32 Å². The molecular weight excluding hydrogens is 483 g/mol. The van der Waals surface area contributed by atoms with Gasteiger partial charge in [-0.05, 0) is 33.1 Å². The van der Waals surface area contributed by atoms with Gasteiger partial charge in [-0.15, -0.1) is 0 Å². The van der Waals surface area contributed by atoms with Crippen molar-refractivity contribution in [2.24, 2.45) is 11.3 Å². The van der Waals surface area contributed by atoms with Crippen LogP contribution in [0, 0.1) is 11.3 Å². The zero-order valence-corrected chi connectivity index (χ0v) is 22.3. The number of esters is 2. The van der Waals surface area contributed by atoms with Crippen LogP contribution in [0.25, 0.3) is 0 Å². The van der Waals surface area contributed by atoms with Crippen LogP contribution in [0.4, 0.5) is 4.79 Å². The van der Waals surface area contributed by atoms with Crippen molar-refractivity contribution < 1.29 is 47.0 Å². The fourth-order valence-electron chi connectivity index (χ4n) is 3.91. The molecule has 0 saturated carbocycles. The van der Waals surface area contributed by atoms with E-state index in [0.29, 0.717) is 0 Å². The normalized spacial score (nSPS) is 28.2. The Balaban J connectivity index is 2.10. The molecule has 200 valence electrons. The molecule has 2 rings (SSSR count). The van der Waals surface area contributed by atoms with Crippen molar-refractivity contribution >= 4 is 31.5 Å². The Morgan fingerprint density at radius 1 is 1.14 bits per heavy atom. The van der Waals surface area contributed by atoms with E-state index in [1.807, 2.05) is 0 Å². The van der Waals surface area contributed by atoms with Crippen LogP contribution in [0.15, 0.2) is 0 Å². The highest BCUT2D eigenvalue weighted by Crippen LogP contribution is 2.58. The minimum absolute atomic E-state index is 0.00228. The molecule has 35 heavy (non-hydrogen) atoms. The van der Waals surface area contributed by atoms with Gasteiger partial charge in [0.2, 0.25) is 5.91 Å². The van der Waals surface area contributed by atoms with Gasteiger partial charge in [0.15, 0.2) is 6.10 Å². The average Bonchev–Trinajstić information content (AvgIpc) is 3.17. The lowest BCUT2D eigenvalue weighted by Gasteiger charge is -2.40. The number of rotatable bonds is 7. The highest BCUT2D eigenvalue weighted by molar-refractivity contribution is 7.54. The first-order valence-electron chi connectivity index (χ1n) is 11.4. The summed E-state index contributed by atoms with van der Waals surface area (Å²) in [6.07, 6.45) is -1.69. The number of likely N-dealkylation sites (tertiary alicyclic amines) is 1. The van der Waals surface area contributed by atoms with Crippen LogP contribution >= 0.6 is 7.60 Å². The Labute approximate surface area is 205 Å². The van der Waals surface area contributed by atoms with Gasteiger partial charge in [0, 0.05) is 18.5 Å². The summed E-state index contributed by atoms with van der Waals surface area (Å²) in [5, 5.41) is 2.61. The Bertz CT molecular complexity index is 869. The lowest BCUT2D eigenvalue weighted by molar-refractivity contribution is -0.145. The number of hydrogen-bond acceptors (Lipinski definition) is 10. The molecule has 2 amide bonds. The van der Waals surface area contributed by atoms with Crippen LogP contribution in [0.5, 0.6) is 0 Å². The van der Waals surface area contributed by atoms with E-state index >= 15 is 0 Å². The predicted molar refractivity (Wildman–Crippen MR) is 124 cm³/mol. The van der Waals surface area contributed by atoms with Gasteiger partial charge in [0.1, 0.15) is 11.6 Å². The van der Waals surface area contributed by atoms with Gasteiger partial charge in [0.05, 0.1) is 33.4 Å². The van der Waals surface area contributed by atoms with E-state index in [9.17, 15) is 23.7 Å². The van der Waals surface area contributed by atoms with Gasteiger partial charge in [0.25, 0.3) is 0 Å². The molecule has 0 aromatic heterocycles. The maximum atomic E-state index is 13.5. The Hall–Kier alpha value is -2.17. The SMILES string of the molecule is COC(=O)CCNC(=O)[C@@H]1OP(=O)(C[C@@H]2C[C@H](C(=O)OC)N(C(=O)OC(C)(C)C)C2)OCC1(C)C. The Morgan fingerprint density at radius 2 is 1.80 bits per heavy atom. The lowest BCUT2D eigenvalue weighted by Crippen LogP contribution is -2.50. The van der Waals surface area contributed by atoms with E-state index in [-0.39, 0.29) is 38.7 Å². The van der Waals surface area contributed by atoms with Gasteiger partial charge in [-0.2, -0.15) is 0 Å². The number of nitrogens with zero attached hydrogens (tertiary/aromatic N) is 1. The number of carbonyl (C=O) groups excluding carboxylic acids is 4. The first-order valence-corrected chi connectivity index (χ1v) is 13.2. The summed E-state index contributed by atoms with van der Waals surface area (Å²) >= 11 is 0. The number of nitrogens with one attached hydrogen (secondary N) is 1. The van der Waals surface area contributed by atoms with Crippen molar-refractivity contribution in [1.82, 2.24) is 10.2 Å². The second-order valence-electron chi connectivity index (χ2n) is 10.4. The first kappa shape index (κ1) is 29.1. The standard InChI is InChI=1S/C22H37N2O10P/c1-21(2,3)33-20(28)24-11-14(10-15(24)19(27)31-7)12-35(29)32-13-22(4,5)17(34-35)18(26)23-9-8-16(25)30-6/h14-15,17H,8-13H2,1-7H3,(H,23,26)/t14-,15-,17+,35?/m1/s1. The molecule has 0 aromatic carbocycles. The molecular formula is C22H37N2O10P. The number of methoxy groups -OCH3 is 2. The molecule has 0 bridgehead atoms. The van der Waals surface area contributed by atoms with Crippen LogP contribution in [-0.2, 0) is 42.2 Å². The van der Waals surface area contributed by atoms with Gasteiger partial charge in [-0.3, -0.25) is 23.6 Å². The second kappa shape index (κ2) is 11.3. The topological polar surface area (TPSA) is 147 Å². The highest BCUT2D eigenvalue weighted by atomic mass is 31.2. The second-order valence-corrected chi connectivity index (χ2v) is 12.5. The smallest absolute Gasteiger partial charge is 0.411 e. The third-order valence-corrected chi connectivity index (χ3v) is 7.69. The van der Waals surface area contributed by atoms with Crippen LogP contribution in [0.1, 0.15) is 47.5 Å². The maximum absolute atomic E-state index is 13.5. The molecule has 0 radical (unpaired) electrons. The molecule has 12 nitrogen and oxygen atoms in total. The number of hydrogen-bond donors (Lipinski definition) is 1. The summed E-state index contributed by atoms with van der Waals surface area (Å²) in [5.74, 6) is -2.01. The monoisotopic (exact) mass is 520 g/mol. The predicted octanol–water partition coefficient (Wildman–Crippen LogP) is 2.10. The summed E-state index contributed by atoms with van der Waals surface area (Å²) < 4.78 is 39.7. The van der Waals surface area contributed by atoms with Crippen molar-refractivity contribution in [2.45, 2.75) is 65.2 Å². The molecule has 4 atom stereocenters. The zero-order valence-electron chi connectivity index (χ0n) is 21.5. The van der Waals surface area contributed by atoms with Crippen molar-refractivity contribution in [3.8, 4) is 0 Å². The molecule has 0 spiro atoms. The van der Waals surface area contributed by atoms with Gasteiger partial charge in [-0.25, -0.2) is 9.59 Å². The van der Waals surface area contributed by atoms with Crippen LogP contribution in [0.2, 0.25) is 0 Å². The molecule has 0 aliphatic carbocycles. The number of ether oxygens (including phenoxy) is 3. The molecule has 1 N–H and O–H groups in total. The largest absolute Gasteiger partial charge is 0.469 e. The van der Waals surface area contributed by atoms with Gasteiger partial charge in [-0.1, -0.05) is 13.8 Å². The third kappa shape index (κ3) is 7.91. The molecule has 2 fully saturated rings. The summed E-state index contributed by atoms with van der Waals surface area (Å²) in [7, 11) is -1.28. The number of amides is 2. The van der Waals surface area contributed by atoms with E-state index in [4.69, 9.17) is 18.5 Å². The highest BCUT2D eigenvalue weighted by Gasteiger charge is 2.51. The molecule has 2 aliphatic rings. The van der Waals surface area contributed by atoms with E-state index < -0.39 is 60.6 Å². The van der Waals surface area contributed by atoms with Crippen molar-refractivity contribution in [3.63, 3.8) is 0 Å². The Kier molecular flexibility index (Phi) is 9.35. The van der Waals surface area contributed by atoms with E-state index in [2.05, 4.69) is 10.1 Å². The van der Waals surface area contributed by atoms with E-state index in [1.54, 1.807) is 34.6 Å². The summed E-state index contributed by atoms with van der Waals surface area (Å²) in [5.41, 5.74) is -1.55. The molecule has 2 aliphatic heterocycles.